The van der Waals surface area contributed by atoms with Crippen molar-refractivity contribution >= 4 is 28.3 Å². The van der Waals surface area contributed by atoms with Crippen molar-refractivity contribution in [3.05, 3.63) is 112 Å². The number of carbonyl (C=O) groups is 1. The minimum Gasteiger partial charge on any atom is -0.381 e. The van der Waals surface area contributed by atoms with Crippen molar-refractivity contribution < 1.29 is 4.79 Å². The second-order valence-corrected chi connectivity index (χ2v) is 9.12. The third-order valence-corrected chi connectivity index (χ3v) is 6.31. The number of benzene rings is 2. The highest BCUT2D eigenvalue weighted by molar-refractivity contribution is 6.03. The van der Waals surface area contributed by atoms with E-state index in [0.29, 0.717) is 28.5 Å². The first-order chi connectivity index (χ1) is 19.8. The highest BCUT2D eigenvalue weighted by atomic mass is 16.1. The van der Waals surface area contributed by atoms with Crippen molar-refractivity contribution in [2.75, 3.05) is 5.73 Å². The molecule has 4 N–H and O–H groups in total. The van der Waals surface area contributed by atoms with Gasteiger partial charge in [0.25, 0.3) is 11.5 Å². The summed E-state index contributed by atoms with van der Waals surface area (Å²) in [4.78, 5) is 33.1. The maximum atomic E-state index is 13.5. The van der Waals surface area contributed by atoms with Gasteiger partial charge in [-0.25, -0.2) is 14.5 Å². The van der Waals surface area contributed by atoms with Gasteiger partial charge in [-0.3, -0.25) is 18.8 Å². The highest BCUT2D eigenvalue weighted by Crippen LogP contribution is 2.17. The Bertz CT molecular complexity index is 2030. The van der Waals surface area contributed by atoms with Gasteiger partial charge >= 0.3 is 0 Å². The van der Waals surface area contributed by atoms with E-state index in [1.165, 1.54) is 4.52 Å². The molecular formula is C30H27N9O2. The Morgan fingerprint density at radius 2 is 1.76 bits per heavy atom. The summed E-state index contributed by atoms with van der Waals surface area (Å²) in [5.41, 5.74) is 14.9. The number of nitrogen functional groups attached to an aromatic ring is 1. The molecule has 0 saturated heterocycles. The van der Waals surface area contributed by atoms with Crippen LogP contribution in [0.2, 0.25) is 0 Å². The van der Waals surface area contributed by atoms with Gasteiger partial charge in [-0.2, -0.15) is 5.10 Å². The maximum absolute atomic E-state index is 13.5. The van der Waals surface area contributed by atoms with Crippen LogP contribution in [-0.4, -0.2) is 39.8 Å². The number of primary amides is 1. The van der Waals surface area contributed by atoms with Gasteiger partial charge in [0.05, 0.1) is 27.8 Å². The number of nitrogens with two attached hydrogens (primary N) is 2. The summed E-state index contributed by atoms with van der Waals surface area (Å²) in [6.45, 7) is 3.92. The zero-order valence-electron chi connectivity index (χ0n) is 22.7. The minimum atomic E-state index is -0.619. The normalized spacial score (nSPS) is 10.6. The number of fused-ring (bicyclic) bond motifs is 2. The monoisotopic (exact) mass is 545 g/mol. The summed E-state index contributed by atoms with van der Waals surface area (Å²) in [6, 6.07) is 16.9. The summed E-state index contributed by atoms with van der Waals surface area (Å²) >= 11 is 0. The number of rotatable bonds is 3. The van der Waals surface area contributed by atoms with Gasteiger partial charge < -0.3 is 11.5 Å². The van der Waals surface area contributed by atoms with Crippen molar-refractivity contribution in [3.8, 4) is 17.5 Å². The number of anilines is 1. The quantitative estimate of drug-likeness (QED) is 0.324. The van der Waals surface area contributed by atoms with Crippen LogP contribution in [0.25, 0.3) is 22.2 Å². The van der Waals surface area contributed by atoms with Crippen LogP contribution >= 0.6 is 0 Å². The topological polar surface area (TPSA) is 152 Å². The molecule has 0 aliphatic rings. The number of carbonyl (C=O) groups excluding carboxylic acids is 1. The lowest BCUT2D eigenvalue weighted by Crippen LogP contribution is -2.24. The first-order valence-corrected chi connectivity index (χ1v) is 12.8. The molecule has 41 heavy (non-hydrogen) atoms. The molecule has 0 fully saturated rings. The van der Waals surface area contributed by atoms with Gasteiger partial charge in [0.15, 0.2) is 11.5 Å². The molecule has 4 aromatic heterocycles. The highest BCUT2D eigenvalue weighted by Gasteiger charge is 2.16. The minimum absolute atomic E-state index is 0.0964. The van der Waals surface area contributed by atoms with Gasteiger partial charge in [-0.1, -0.05) is 43.0 Å². The first-order valence-electron chi connectivity index (χ1n) is 12.8. The van der Waals surface area contributed by atoms with Crippen LogP contribution in [0.5, 0.6) is 0 Å². The number of aromatic nitrogens is 7. The summed E-state index contributed by atoms with van der Waals surface area (Å²) in [7, 11) is 1.87. The van der Waals surface area contributed by atoms with E-state index in [4.69, 9.17) is 16.5 Å². The zero-order chi connectivity index (χ0) is 29.1. The smallest absolute Gasteiger partial charge is 0.267 e. The van der Waals surface area contributed by atoms with Crippen LogP contribution in [0.1, 0.15) is 39.9 Å². The van der Waals surface area contributed by atoms with E-state index in [1.807, 2.05) is 75.6 Å². The molecule has 1 amide bonds. The summed E-state index contributed by atoms with van der Waals surface area (Å²) < 4.78 is 4.83. The van der Waals surface area contributed by atoms with Crippen molar-refractivity contribution in [1.82, 2.24) is 33.9 Å². The maximum Gasteiger partial charge on any atom is 0.267 e. The van der Waals surface area contributed by atoms with E-state index in [-0.39, 0.29) is 16.9 Å². The van der Waals surface area contributed by atoms with E-state index < -0.39 is 5.91 Å². The van der Waals surface area contributed by atoms with Crippen molar-refractivity contribution in [2.24, 2.45) is 12.8 Å². The molecule has 0 unspecified atom stereocenters. The Morgan fingerprint density at radius 3 is 2.44 bits per heavy atom. The van der Waals surface area contributed by atoms with Crippen molar-refractivity contribution in [3.63, 3.8) is 0 Å². The molecule has 11 nitrogen and oxygen atoms in total. The number of aryl methyl sites for hydroxylation is 3. The van der Waals surface area contributed by atoms with Crippen LogP contribution in [0, 0.1) is 18.8 Å². The Hall–Kier alpha value is -5.76. The zero-order valence-corrected chi connectivity index (χ0v) is 22.7. The molecule has 0 spiro atoms. The molecule has 2 aromatic carbocycles. The van der Waals surface area contributed by atoms with Crippen LogP contribution in [-0.2, 0) is 13.5 Å². The number of para-hydroxylation sites is 1. The Balaban J connectivity index is 0.000000216. The lowest BCUT2D eigenvalue weighted by atomic mass is 10.1. The average Bonchev–Trinajstić information content (AvgIpc) is 3.48. The van der Waals surface area contributed by atoms with Gasteiger partial charge in [-0.15, -0.1) is 5.10 Å². The van der Waals surface area contributed by atoms with Gasteiger partial charge in [-0.05, 0) is 37.3 Å². The molecule has 0 aliphatic carbocycles. The molecule has 6 rings (SSSR count). The summed E-state index contributed by atoms with van der Waals surface area (Å²) in [6.07, 6.45) is 5.72. The number of hydrogen-bond donors (Lipinski definition) is 2. The van der Waals surface area contributed by atoms with E-state index >= 15 is 0 Å². The van der Waals surface area contributed by atoms with Crippen molar-refractivity contribution in [1.29, 1.82) is 0 Å². The first kappa shape index (κ1) is 26.8. The lowest BCUT2D eigenvalue weighted by molar-refractivity contribution is 0.100. The number of hydrogen-bond acceptors (Lipinski definition) is 7. The fourth-order valence-electron chi connectivity index (χ4n) is 4.46. The molecule has 204 valence electrons. The molecule has 0 aliphatic heterocycles. The molecule has 11 heteroatoms. The van der Waals surface area contributed by atoms with Crippen LogP contribution in [0.15, 0.2) is 78.0 Å². The fourth-order valence-corrected chi connectivity index (χ4v) is 4.46. The SMILES string of the molecule is CCc1nc2cccc(C#Cc3cn(C)nc3C)c2c(=O)n1-c1ccccc1.NC(=O)c1c(N)nn2cccnc12. The predicted molar refractivity (Wildman–Crippen MR) is 157 cm³/mol. The Morgan fingerprint density at radius 1 is 1.00 bits per heavy atom. The molecule has 0 atom stereocenters. The van der Waals surface area contributed by atoms with Gasteiger partial charge in [0.2, 0.25) is 0 Å². The third kappa shape index (κ3) is 5.26. The number of nitrogens with zero attached hydrogens (tertiary/aromatic N) is 7. The van der Waals surface area contributed by atoms with Crippen molar-refractivity contribution in [2.45, 2.75) is 20.3 Å². The fraction of sp³-hybridized carbons (Fsp3) is 0.133. The molecule has 0 radical (unpaired) electrons. The van der Waals surface area contributed by atoms with Crippen LogP contribution in [0.3, 0.4) is 0 Å². The van der Waals surface area contributed by atoms with E-state index in [0.717, 1.165) is 22.8 Å². The molecule has 0 saturated carbocycles. The largest absolute Gasteiger partial charge is 0.381 e. The van der Waals surface area contributed by atoms with Gasteiger partial charge in [0.1, 0.15) is 11.4 Å². The summed E-state index contributed by atoms with van der Waals surface area (Å²) in [5, 5.41) is 8.72. The predicted octanol–water partition coefficient (Wildman–Crippen LogP) is 2.80. The average molecular weight is 546 g/mol. The summed E-state index contributed by atoms with van der Waals surface area (Å²) in [5.74, 6) is 6.52. The molecular weight excluding hydrogens is 518 g/mol. The van der Waals surface area contributed by atoms with Gasteiger partial charge in [0, 0.05) is 37.6 Å². The Labute approximate surface area is 235 Å². The second kappa shape index (κ2) is 11.2. The number of amides is 1. The standard InChI is InChI=1S/C23H20N4O.C7H7N5O/c1-4-21-24-20-12-8-9-17(13-14-18-15-26(3)25-16(18)2)22(20)23(28)27(21)19-10-6-5-7-11-19;8-5-4(6(9)13)7-10-2-1-3-12(7)11-5/h5-12,15H,4H2,1-3H3;1-3H,(H2,8,11)(H2,9,13). The van der Waals surface area contributed by atoms with E-state index in [1.54, 1.807) is 27.7 Å². The third-order valence-electron chi connectivity index (χ3n) is 6.31. The molecule has 0 bridgehead atoms. The molecule has 4 heterocycles. The van der Waals surface area contributed by atoms with Crippen LogP contribution in [0.4, 0.5) is 5.82 Å². The molecule has 6 aromatic rings. The van der Waals surface area contributed by atoms with E-state index in [9.17, 15) is 9.59 Å². The Kier molecular flexibility index (Phi) is 7.30. The van der Waals surface area contributed by atoms with Crippen LogP contribution < -0.4 is 17.0 Å². The second-order valence-electron chi connectivity index (χ2n) is 9.12. The van der Waals surface area contributed by atoms with E-state index in [2.05, 4.69) is 27.0 Å². The lowest BCUT2D eigenvalue weighted by Gasteiger charge is -2.13.